The maximum absolute atomic E-state index is 12.8. The van der Waals surface area contributed by atoms with Crippen LogP contribution >= 0.6 is 0 Å². The lowest BCUT2D eigenvalue weighted by Crippen LogP contribution is -2.41. The van der Waals surface area contributed by atoms with E-state index in [-0.39, 0.29) is 24.0 Å². The van der Waals surface area contributed by atoms with Crippen molar-refractivity contribution in [1.82, 2.24) is 10.6 Å². The van der Waals surface area contributed by atoms with E-state index in [1.807, 2.05) is 42.5 Å². The molecule has 1 heterocycles. The van der Waals surface area contributed by atoms with Crippen LogP contribution in [0.4, 0.5) is 4.79 Å². The van der Waals surface area contributed by atoms with Gasteiger partial charge in [-0.25, -0.2) is 4.79 Å². The molecule has 0 saturated heterocycles. The van der Waals surface area contributed by atoms with Crippen LogP contribution in [0.5, 0.6) is 17.2 Å². The van der Waals surface area contributed by atoms with E-state index in [2.05, 4.69) is 31.4 Å². The highest BCUT2D eigenvalue weighted by Crippen LogP contribution is 2.34. The Hall–Kier alpha value is -2.89. The van der Waals surface area contributed by atoms with Gasteiger partial charge >= 0.3 is 6.03 Å². The Kier molecular flexibility index (Phi) is 6.86. The number of rotatable bonds is 7. The van der Waals surface area contributed by atoms with E-state index in [9.17, 15) is 4.79 Å². The van der Waals surface area contributed by atoms with Gasteiger partial charge in [0.25, 0.3) is 0 Å². The van der Waals surface area contributed by atoms with Crippen molar-refractivity contribution in [3.05, 3.63) is 53.6 Å². The Balaban J connectivity index is 1.70. The lowest BCUT2D eigenvalue weighted by Gasteiger charge is -2.27. The highest BCUT2D eigenvalue weighted by molar-refractivity contribution is 5.75. The van der Waals surface area contributed by atoms with Gasteiger partial charge in [0, 0.05) is 0 Å². The first-order valence-corrected chi connectivity index (χ1v) is 10.1. The number of nitrogens with one attached hydrogen (secondary N) is 2. The number of benzene rings is 2. The summed E-state index contributed by atoms with van der Waals surface area (Å²) in [6, 6.07) is 13.2. The van der Waals surface area contributed by atoms with Crippen LogP contribution in [0.1, 0.15) is 50.4 Å². The molecule has 2 aromatic rings. The molecule has 156 valence electrons. The summed E-state index contributed by atoms with van der Waals surface area (Å²) < 4.78 is 16.5. The zero-order valence-corrected chi connectivity index (χ0v) is 17.5. The Morgan fingerprint density at radius 2 is 1.66 bits per heavy atom. The second-order valence-corrected chi connectivity index (χ2v) is 7.48. The molecule has 2 amide bonds. The lowest BCUT2D eigenvalue weighted by molar-refractivity contribution is 0.171. The van der Waals surface area contributed by atoms with Gasteiger partial charge in [0.1, 0.15) is 19.0 Å². The molecule has 3 rings (SSSR count). The monoisotopic (exact) mass is 398 g/mol. The maximum atomic E-state index is 12.8. The van der Waals surface area contributed by atoms with E-state index in [0.717, 1.165) is 34.8 Å². The first-order chi connectivity index (χ1) is 14.0. The second-order valence-electron chi connectivity index (χ2n) is 7.48. The summed E-state index contributed by atoms with van der Waals surface area (Å²) in [5.41, 5.74) is 2.04. The standard InChI is InChI=1S/C23H30N2O4/c1-5-19(16-6-9-18(27-4)10-7-16)24-23(26)25-22(15(2)3)17-8-11-20-21(14-17)29-13-12-28-20/h6-11,14-15,19,22H,5,12-13H2,1-4H3,(H2,24,25,26)/t19-,22+/m1/s1. The molecule has 2 N–H and O–H groups in total. The Bertz CT molecular complexity index is 820. The molecular weight excluding hydrogens is 368 g/mol. The fourth-order valence-electron chi connectivity index (χ4n) is 3.49. The molecule has 6 nitrogen and oxygen atoms in total. The van der Waals surface area contributed by atoms with Crippen LogP contribution < -0.4 is 24.8 Å². The van der Waals surface area contributed by atoms with Gasteiger partial charge in [-0.05, 0) is 47.7 Å². The number of hydrogen-bond donors (Lipinski definition) is 2. The van der Waals surface area contributed by atoms with E-state index < -0.39 is 0 Å². The molecule has 6 heteroatoms. The van der Waals surface area contributed by atoms with Crippen molar-refractivity contribution in [1.29, 1.82) is 0 Å². The van der Waals surface area contributed by atoms with Crippen molar-refractivity contribution in [2.45, 2.75) is 39.3 Å². The lowest BCUT2D eigenvalue weighted by atomic mass is 9.95. The van der Waals surface area contributed by atoms with Crippen LogP contribution in [0.25, 0.3) is 0 Å². The van der Waals surface area contributed by atoms with Crippen LogP contribution in [0.3, 0.4) is 0 Å². The number of carbonyl (C=O) groups is 1. The van der Waals surface area contributed by atoms with E-state index in [4.69, 9.17) is 14.2 Å². The number of amides is 2. The third-order valence-corrected chi connectivity index (χ3v) is 5.11. The predicted molar refractivity (Wildman–Crippen MR) is 113 cm³/mol. The summed E-state index contributed by atoms with van der Waals surface area (Å²) in [6.07, 6.45) is 0.788. The normalized spacial score (nSPS) is 14.8. The van der Waals surface area contributed by atoms with Crippen molar-refractivity contribution in [2.75, 3.05) is 20.3 Å². The number of carbonyl (C=O) groups excluding carboxylic acids is 1. The number of methoxy groups -OCH3 is 1. The Labute approximate surface area is 172 Å². The van der Waals surface area contributed by atoms with Crippen molar-refractivity contribution in [2.24, 2.45) is 5.92 Å². The molecule has 0 fully saturated rings. The minimum atomic E-state index is -0.193. The minimum absolute atomic E-state index is 0.0750. The van der Waals surface area contributed by atoms with Crippen molar-refractivity contribution in [3.63, 3.8) is 0 Å². The second kappa shape index (κ2) is 9.54. The summed E-state index contributed by atoms with van der Waals surface area (Å²) in [7, 11) is 1.64. The zero-order chi connectivity index (χ0) is 20.8. The van der Waals surface area contributed by atoms with Gasteiger partial charge in [-0.1, -0.05) is 39.0 Å². The molecule has 2 aromatic carbocycles. The van der Waals surface area contributed by atoms with Crippen LogP contribution in [0.2, 0.25) is 0 Å². The van der Waals surface area contributed by atoms with Crippen LogP contribution in [-0.2, 0) is 0 Å². The number of fused-ring (bicyclic) bond motifs is 1. The number of urea groups is 1. The average molecular weight is 399 g/mol. The van der Waals surface area contributed by atoms with Gasteiger partial charge in [0.05, 0.1) is 19.2 Å². The zero-order valence-electron chi connectivity index (χ0n) is 17.5. The molecule has 0 aromatic heterocycles. The van der Waals surface area contributed by atoms with Crippen LogP contribution in [0, 0.1) is 5.92 Å². The largest absolute Gasteiger partial charge is 0.497 e. The molecule has 0 saturated carbocycles. The summed E-state index contributed by atoms with van der Waals surface area (Å²) in [5, 5.41) is 6.22. The third-order valence-electron chi connectivity index (χ3n) is 5.11. The van der Waals surface area contributed by atoms with Crippen molar-refractivity contribution in [3.8, 4) is 17.2 Å². The van der Waals surface area contributed by atoms with Gasteiger partial charge in [-0.3, -0.25) is 0 Å². The van der Waals surface area contributed by atoms with Crippen molar-refractivity contribution < 1.29 is 19.0 Å². The third kappa shape index (κ3) is 5.13. The quantitative estimate of drug-likeness (QED) is 0.714. The molecular formula is C23H30N2O4. The molecule has 0 aliphatic carbocycles. The number of ether oxygens (including phenoxy) is 3. The number of hydrogen-bond acceptors (Lipinski definition) is 4. The Morgan fingerprint density at radius 3 is 2.28 bits per heavy atom. The summed E-state index contributed by atoms with van der Waals surface area (Å²) in [6.45, 7) is 7.32. The van der Waals surface area contributed by atoms with E-state index in [1.54, 1.807) is 7.11 Å². The van der Waals surface area contributed by atoms with Crippen LogP contribution in [0.15, 0.2) is 42.5 Å². The summed E-state index contributed by atoms with van der Waals surface area (Å²) in [4.78, 5) is 12.8. The SMILES string of the molecule is CC[C@@H](NC(=O)N[C@H](c1ccc2c(c1)OCCO2)C(C)C)c1ccc(OC)cc1. The predicted octanol–water partition coefficient (Wildman–Crippen LogP) is 4.61. The molecule has 1 aliphatic rings. The van der Waals surface area contributed by atoms with Crippen molar-refractivity contribution >= 4 is 6.03 Å². The van der Waals surface area contributed by atoms with E-state index in [1.165, 1.54) is 0 Å². The van der Waals surface area contributed by atoms with E-state index >= 15 is 0 Å². The maximum Gasteiger partial charge on any atom is 0.315 e. The highest BCUT2D eigenvalue weighted by Gasteiger charge is 2.22. The van der Waals surface area contributed by atoms with Gasteiger partial charge < -0.3 is 24.8 Å². The molecule has 0 radical (unpaired) electrons. The molecule has 1 aliphatic heterocycles. The topological polar surface area (TPSA) is 68.8 Å². The van der Waals surface area contributed by atoms with Gasteiger partial charge in [0.15, 0.2) is 11.5 Å². The smallest absolute Gasteiger partial charge is 0.315 e. The average Bonchev–Trinajstić information content (AvgIpc) is 2.75. The minimum Gasteiger partial charge on any atom is -0.497 e. The van der Waals surface area contributed by atoms with Crippen LogP contribution in [-0.4, -0.2) is 26.4 Å². The fourth-order valence-corrected chi connectivity index (χ4v) is 3.49. The molecule has 0 spiro atoms. The highest BCUT2D eigenvalue weighted by atomic mass is 16.6. The van der Waals surface area contributed by atoms with E-state index in [0.29, 0.717) is 13.2 Å². The molecule has 0 bridgehead atoms. The first kappa shape index (κ1) is 20.8. The molecule has 2 atom stereocenters. The summed E-state index contributed by atoms with van der Waals surface area (Å²) in [5.74, 6) is 2.49. The van der Waals surface area contributed by atoms with Gasteiger partial charge in [-0.2, -0.15) is 0 Å². The summed E-state index contributed by atoms with van der Waals surface area (Å²) >= 11 is 0. The molecule has 29 heavy (non-hydrogen) atoms. The van der Waals surface area contributed by atoms with Gasteiger partial charge in [0.2, 0.25) is 0 Å². The first-order valence-electron chi connectivity index (χ1n) is 10.1. The molecule has 0 unspecified atom stereocenters. The fraction of sp³-hybridized carbons (Fsp3) is 0.435. The Morgan fingerprint density at radius 1 is 1.00 bits per heavy atom. The van der Waals surface area contributed by atoms with Gasteiger partial charge in [-0.15, -0.1) is 0 Å².